The number of ether oxygens (including phenoxy) is 2. The molecule has 0 spiro atoms. The molecule has 0 heterocycles. The Bertz CT molecular complexity index is 705. The molecule has 0 unspecified atom stereocenters. The summed E-state index contributed by atoms with van der Waals surface area (Å²) in [5.74, 6) is 2.15. The highest BCUT2D eigenvalue weighted by atomic mass is 79.9. The molecule has 6 heteroatoms. The van der Waals surface area contributed by atoms with Crippen molar-refractivity contribution in [2.24, 2.45) is 4.99 Å². The Morgan fingerprint density at radius 3 is 2.44 bits per heavy atom. The molecule has 0 radical (unpaired) electrons. The number of hydrogen-bond donors (Lipinski definition) is 2. The first-order valence-corrected chi connectivity index (χ1v) is 8.86. The van der Waals surface area contributed by atoms with Gasteiger partial charge in [-0.25, -0.2) is 0 Å². The van der Waals surface area contributed by atoms with E-state index in [2.05, 4.69) is 55.8 Å². The van der Waals surface area contributed by atoms with Crippen LogP contribution in [-0.4, -0.2) is 33.8 Å². The number of nitrogens with zero attached hydrogens (tertiary/aromatic N) is 1. The molecule has 0 aliphatic heterocycles. The van der Waals surface area contributed by atoms with Gasteiger partial charge in [0.2, 0.25) is 0 Å². The number of rotatable bonds is 7. The van der Waals surface area contributed by atoms with Crippen LogP contribution in [0.25, 0.3) is 0 Å². The largest absolute Gasteiger partial charge is 0.493 e. The van der Waals surface area contributed by atoms with Crippen LogP contribution in [-0.2, 0) is 13.0 Å². The van der Waals surface area contributed by atoms with Crippen LogP contribution in [0.4, 0.5) is 0 Å². The predicted octanol–water partition coefficient (Wildman–Crippen LogP) is 3.37. The van der Waals surface area contributed by atoms with Gasteiger partial charge in [-0.05, 0) is 45.6 Å². The van der Waals surface area contributed by atoms with Crippen molar-refractivity contribution in [3.8, 4) is 11.5 Å². The average molecular weight is 406 g/mol. The topological polar surface area (TPSA) is 54.9 Å². The highest BCUT2D eigenvalue weighted by Gasteiger charge is 2.10. The second-order valence-corrected chi connectivity index (χ2v) is 6.26. The molecule has 0 saturated carbocycles. The molecule has 134 valence electrons. The quantitative estimate of drug-likeness (QED) is 0.547. The summed E-state index contributed by atoms with van der Waals surface area (Å²) in [6.07, 6.45) is 0.948. The standard InChI is InChI=1S/C19H24BrN3O2/c1-21-19(22-10-9-14-7-5-4-6-8-14)23-13-15-11-16(20)18(25-3)17(12-15)24-2/h4-8,11-12H,9-10,13H2,1-3H3,(H2,21,22,23). The summed E-state index contributed by atoms with van der Waals surface area (Å²) in [5, 5.41) is 6.63. The first-order valence-electron chi connectivity index (χ1n) is 8.06. The second-order valence-electron chi connectivity index (χ2n) is 5.40. The van der Waals surface area contributed by atoms with E-state index in [1.807, 2.05) is 18.2 Å². The minimum atomic E-state index is 0.629. The fourth-order valence-corrected chi connectivity index (χ4v) is 3.10. The molecular weight excluding hydrogens is 382 g/mol. The van der Waals surface area contributed by atoms with Gasteiger partial charge in [-0.15, -0.1) is 0 Å². The van der Waals surface area contributed by atoms with Crippen LogP contribution in [0.3, 0.4) is 0 Å². The van der Waals surface area contributed by atoms with Gasteiger partial charge in [0, 0.05) is 20.1 Å². The predicted molar refractivity (Wildman–Crippen MR) is 106 cm³/mol. The van der Waals surface area contributed by atoms with Gasteiger partial charge < -0.3 is 20.1 Å². The first kappa shape index (κ1) is 19.1. The second kappa shape index (κ2) is 9.93. The summed E-state index contributed by atoms with van der Waals surface area (Å²) in [7, 11) is 5.02. The Kier molecular flexibility index (Phi) is 7.60. The van der Waals surface area contributed by atoms with Gasteiger partial charge in [0.25, 0.3) is 0 Å². The summed E-state index contributed by atoms with van der Waals surface area (Å²) >= 11 is 3.51. The van der Waals surface area contributed by atoms with Crippen LogP contribution in [0.2, 0.25) is 0 Å². The van der Waals surface area contributed by atoms with Crippen molar-refractivity contribution in [2.75, 3.05) is 27.8 Å². The van der Waals surface area contributed by atoms with Gasteiger partial charge in [-0.2, -0.15) is 0 Å². The van der Waals surface area contributed by atoms with Crippen molar-refractivity contribution < 1.29 is 9.47 Å². The lowest BCUT2D eigenvalue weighted by atomic mass is 10.1. The van der Waals surface area contributed by atoms with Gasteiger partial charge in [0.15, 0.2) is 17.5 Å². The zero-order chi connectivity index (χ0) is 18.1. The van der Waals surface area contributed by atoms with Gasteiger partial charge in [-0.3, -0.25) is 4.99 Å². The molecule has 2 aromatic rings. The van der Waals surface area contributed by atoms with Gasteiger partial charge in [0.1, 0.15) is 0 Å². The molecule has 0 amide bonds. The lowest BCUT2D eigenvalue weighted by Crippen LogP contribution is -2.37. The van der Waals surface area contributed by atoms with Crippen LogP contribution in [0.15, 0.2) is 51.9 Å². The van der Waals surface area contributed by atoms with Crippen LogP contribution in [0.1, 0.15) is 11.1 Å². The van der Waals surface area contributed by atoms with Crippen molar-refractivity contribution >= 4 is 21.9 Å². The minimum Gasteiger partial charge on any atom is -0.493 e. The van der Waals surface area contributed by atoms with Crippen molar-refractivity contribution in [3.05, 3.63) is 58.1 Å². The maximum atomic E-state index is 5.38. The lowest BCUT2D eigenvalue weighted by Gasteiger charge is -2.14. The van der Waals surface area contributed by atoms with Gasteiger partial charge in [0.05, 0.1) is 18.7 Å². The normalized spacial score (nSPS) is 11.1. The number of nitrogens with one attached hydrogen (secondary N) is 2. The molecule has 2 N–H and O–H groups in total. The van der Waals surface area contributed by atoms with Gasteiger partial charge >= 0.3 is 0 Å². The monoisotopic (exact) mass is 405 g/mol. The fourth-order valence-electron chi connectivity index (χ4n) is 2.45. The average Bonchev–Trinajstić information content (AvgIpc) is 2.64. The van der Waals surface area contributed by atoms with E-state index in [9.17, 15) is 0 Å². The number of guanidine groups is 1. The number of methoxy groups -OCH3 is 2. The third kappa shape index (κ3) is 5.67. The van der Waals surface area contributed by atoms with Gasteiger partial charge in [-0.1, -0.05) is 30.3 Å². The van der Waals surface area contributed by atoms with E-state index in [1.54, 1.807) is 21.3 Å². The summed E-state index contributed by atoms with van der Waals surface area (Å²) < 4.78 is 11.6. The van der Waals surface area contributed by atoms with Crippen molar-refractivity contribution in [1.29, 1.82) is 0 Å². The van der Waals surface area contributed by atoms with E-state index in [0.29, 0.717) is 18.0 Å². The van der Waals surface area contributed by atoms with Crippen LogP contribution < -0.4 is 20.1 Å². The lowest BCUT2D eigenvalue weighted by molar-refractivity contribution is 0.352. The molecule has 5 nitrogen and oxygen atoms in total. The van der Waals surface area contributed by atoms with Crippen molar-refractivity contribution in [3.63, 3.8) is 0 Å². The Labute approximate surface area is 157 Å². The molecule has 0 aromatic heterocycles. The van der Waals surface area contributed by atoms with E-state index in [4.69, 9.17) is 9.47 Å². The summed E-state index contributed by atoms with van der Waals surface area (Å²) in [4.78, 5) is 4.26. The maximum absolute atomic E-state index is 5.38. The molecule has 0 fully saturated rings. The van der Waals surface area contributed by atoms with E-state index in [-0.39, 0.29) is 0 Å². The molecule has 0 aliphatic carbocycles. The zero-order valence-corrected chi connectivity index (χ0v) is 16.4. The SMILES string of the molecule is CN=C(NCCc1ccccc1)NCc1cc(Br)c(OC)c(OC)c1. The Morgan fingerprint density at radius 1 is 1.04 bits per heavy atom. The molecule has 25 heavy (non-hydrogen) atoms. The highest BCUT2D eigenvalue weighted by molar-refractivity contribution is 9.10. The Morgan fingerprint density at radius 2 is 1.80 bits per heavy atom. The molecule has 0 aliphatic rings. The molecule has 0 saturated heterocycles. The van der Waals surface area contributed by atoms with Crippen molar-refractivity contribution in [1.82, 2.24) is 10.6 Å². The third-order valence-electron chi connectivity index (χ3n) is 3.73. The highest BCUT2D eigenvalue weighted by Crippen LogP contribution is 2.36. The van der Waals surface area contributed by atoms with Crippen molar-refractivity contribution in [2.45, 2.75) is 13.0 Å². The number of aliphatic imine (C=N–C) groups is 1. The van der Waals surface area contributed by atoms with E-state index < -0.39 is 0 Å². The molecule has 0 atom stereocenters. The Hall–Kier alpha value is -2.21. The minimum absolute atomic E-state index is 0.629. The molecule has 2 aromatic carbocycles. The first-order chi connectivity index (χ1) is 12.2. The maximum Gasteiger partial charge on any atom is 0.191 e. The van der Waals surface area contributed by atoms with E-state index >= 15 is 0 Å². The number of hydrogen-bond acceptors (Lipinski definition) is 3. The summed E-state index contributed by atoms with van der Waals surface area (Å²) in [6.45, 7) is 1.45. The van der Waals surface area contributed by atoms with Crippen LogP contribution >= 0.6 is 15.9 Å². The van der Waals surface area contributed by atoms with Crippen LogP contribution in [0, 0.1) is 0 Å². The molecular formula is C19H24BrN3O2. The number of halogens is 1. The fraction of sp³-hybridized carbons (Fsp3) is 0.316. The summed E-state index contributed by atoms with van der Waals surface area (Å²) in [6, 6.07) is 14.3. The van der Waals surface area contributed by atoms with E-state index in [1.165, 1.54) is 5.56 Å². The zero-order valence-electron chi connectivity index (χ0n) is 14.8. The summed E-state index contributed by atoms with van der Waals surface area (Å²) in [5.41, 5.74) is 2.37. The Balaban J connectivity index is 1.89. The molecule has 2 rings (SSSR count). The molecule has 0 bridgehead atoms. The smallest absolute Gasteiger partial charge is 0.191 e. The van der Waals surface area contributed by atoms with Crippen LogP contribution in [0.5, 0.6) is 11.5 Å². The van der Waals surface area contributed by atoms with E-state index in [0.717, 1.165) is 29.0 Å². The number of benzene rings is 2. The third-order valence-corrected chi connectivity index (χ3v) is 4.31.